The van der Waals surface area contributed by atoms with Gasteiger partial charge in [-0.3, -0.25) is 9.20 Å². The van der Waals surface area contributed by atoms with Crippen molar-refractivity contribution in [2.24, 2.45) is 5.92 Å². The first-order valence-corrected chi connectivity index (χ1v) is 14.3. The molecule has 0 radical (unpaired) electrons. The van der Waals surface area contributed by atoms with E-state index in [1.807, 2.05) is 37.3 Å². The van der Waals surface area contributed by atoms with Gasteiger partial charge >= 0.3 is 0 Å². The van der Waals surface area contributed by atoms with E-state index in [0.717, 1.165) is 41.7 Å². The molecule has 0 saturated carbocycles. The Kier molecular flexibility index (Phi) is 8.32. The fourth-order valence-corrected chi connectivity index (χ4v) is 5.72. The molecule has 2 aromatic heterocycles. The second-order valence-electron chi connectivity index (χ2n) is 11.3. The number of benzene rings is 3. The van der Waals surface area contributed by atoms with E-state index >= 15 is 0 Å². The molecule has 2 heterocycles. The fraction of sp³-hybridized carbons (Fsp3) is 0.314. The van der Waals surface area contributed by atoms with Crippen LogP contribution < -0.4 is 5.32 Å². The van der Waals surface area contributed by atoms with Gasteiger partial charge in [0, 0.05) is 28.8 Å². The highest BCUT2D eigenvalue weighted by Crippen LogP contribution is 2.31. The molecule has 5 nitrogen and oxygen atoms in total. The quantitative estimate of drug-likeness (QED) is 0.202. The normalized spacial score (nSPS) is 13.2. The van der Waals surface area contributed by atoms with E-state index in [2.05, 4.69) is 85.1 Å². The van der Waals surface area contributed by atoms with Crippen molar-refractivity contribution in [2.75, 3.05) is 6.61 Å². The highest BCUT2D eigenvalue weighted by atomic mass is 16.3. The standard InChI is InChI=1S/C35H39N3O2/c1-23(2)14-19-29(35(40)37-32(22-39)28-10-6-5-7-11-28)27-17-15-26(16-18-27)21-31-30-12-8-9-13-33(30)38-25(4)20-24(3)36-34(31)38/h5-13,15-18,20,23,29,32,39H,14,19,21-22H2,1-4H3,(H,37,40). The minimum absolute atomic E-state index is 0.0455. The van der Waals surface area contributed by atoms with Gasteiger partial charge in [0.1, 0.15) is 5.65 Å². The Morgan fingerprint density at radius 3 is 2.30 bits per heavy atom. The number of carbonyl (C=O) groups is 1. The number of nitrogens with one attached hydrogen (secondary N) is 1. The lowest BCUT2D eigenvalue weighted by molar-refractivity contribution is -0.123. The van der Waals surface area contributed by atoms with Crippen LogP contribution in [0, 0.1) is 19.8 Å². The van der Waals surface area contributed by atoms with Crippen LogP contribution in [-0.2, 0) is 11.2 Å². The van der Waals surface area contributed by atoms with Gasteiger partial charge in [-0.05, 0) is 61.4 Å². The number of aromatic nitrogens is 2. The molecule has 2 N–H and O–H groups in total. The molecule has 1 amide bonds. The smallest absolute Gasteiger partial charge is 0.228 e. The van der Waals surface area contributed by atoms with Crippen LogP contribution in [0.2, 0.25) is 0 Å². The van der Waals surface area contributed by atoms with Crippen LogP contribution in [0.1, 0.15) is 72.3 Å². The Hall–Kier alpha value is -3.96. The Morgan fingerprint density at radius 1 is 0.900 bits per heavy atom. The third-order valence-corrected chi connectivity index (χ3v) is 7.82. The van der Waals surface area contributed by atoms with Crippen LogP contribution in [0.5, 0.6) is 0 Å². The Labute approximate surface area is 236 Å². The average Bonchev–Trinajstić information content (AvgIpc) is 3.26. The molecule has 0 aliphatic rings. The number of hydrogen-bond donors (Lipinski definition) is 2. The van der Waals surface area contributed by atoms with Crippen molar-refractivity contribution in [2.45, 2.75) is 58.9 Å². The van der Waals surface area contributed by atoms with Gasteiger partial charge in [-0.2, -0.15) is 0 Å². The molecule has 5 rings (SSSR count). The average molecular weight is 534 g/mol. The van der Waals surface area contributed by atoms with E-state index in [-0.39, 0.29) is 18.4 Å². The maximum atomic E-state index is 13.6. The fourth-order valence-electron chi connectivity index (χ4n) is 5.72. The number of carbonyl (C=O) groups excluding carboxylic acids is 1. The van der Waals surface area contributed by atoms with Crippen molar-refractivity contribution in [1.29, 1.82) is 0 Å². The Bertz CT molecular complexity index is 1600. The molecule has 40 heavy (non-hydrogen) atoms. The van der Waals surface area contributed by atoms with Crippen molar-refractivity contribution in [3.8, 4) is 0 Å². The summed E-state index contributed by atoms with van der Waals surface area (Å²) in [5.41, 5.74) is 8.69. The lowest BCUT2D eigenvalue weighted by Gasteiger charge is -2.23. The number of nitrogens with zero attached hydrogens (tertiary/aromatic N) is 2. The van der Waals surface area contributed by atoms with E-state index in [1.165, 1.54) is 27.7 Å². The van der Waals surface area contributed by atoms with Crippen molar-refractivity contribution in [3.05, 3.63) is 119 Å². The summed E-state index contributed by atoms with van der Waals surface area (Å²) < 4.78 is 2.25. The SMILES string of the molecule is Cc1cc(C)n2c(n1)c(Cc1ccc(C(CCC(C)C)C(=O)NC(CO)c3ccccc3)cc1)c1ccccc12. The number of aliphatic hydroxyl groups excluding tert-OH is 1. The van der Waals surface area contributed by atoms with Crippen LogP contribution in [0.4, 0.5) is 0 Å². The molecular weight excluding hydrogens is 494 g/mol. The summed E-state index contributed by atoms with van der Waals surface area (Å²) in [7, 11) is 0. The van der Waals surface area contributed by atoms with Gasteiger partial charge in [0.25, 0.3) is 0 Å². The van der Waals surface area contributed by atoms with Gasteiger partial charge in [0.2, 0.25) is 5.91 Å². The molecule has 0 aliphatic carbocycles. The molecule has 3 aromatic carbocycles. The zero-order valence-corrected chi connectivity index (χ0v) is 23.9. The first-order valence-electron chi connectivity index (χ1n) is 14.3. The molecule has 0 aliphatic heterocycles. The van der Waals surface area contributed by atoms with E-state index in [4.69, 9.17) is 4.98 Å². The van der Waals surface area contributed by atoms with Gasteiger partial charge in [-0.25, -0.2) is 4.98 Å². The number of aryl methyl sites for hydroxylation is 2. The summed E-state index contributed by atoms with van der Waals surface area (Å²) in [4.78, 5) is 18.5. The minimum atomic E-state index is -0.426. The third kappa shape index (κ3) is 5.80. The topological polar surface area (TPSA) is 66.6 Å². The molecule has 0 saturated heterocycles. The summed E-state index contributed by atoms with van der Waals surface area (Å²) in [6.45, 7) is 8.40. The lowest BCUT2D eigenvalue weighted by atomic mass is 9.89. The second kappa shape index (κ2) is 12.1. The van der Waals surface area contributed by atoms with Crippen LogP contribution in [0.25, 0.3) is 16.6 Å². The third-order valence-electron chi connectivity index (χ3n) is 7.82. The van der Waals surface area contributed by atoms with Crippen LogP contribution in [0.15, 0.2) is 84.9 Å². The summed E-state index contributed by atoms with van der Waals surface area (Å²) >= 11 is 0. The Balaban J connectivity index is 1.43. The largest absolute Gasteiger partial charge is 0.394 e. The molecule has 2 atom stereocenters. The van der Waals surface area contributed by atoms with Crippen LogP contribution in [0.3, 0.4) is 0 Å². The zero-order chi connectivity index (χ0) is 28.2. The number of aliphatic hydroxyl groups is 1. The maximum absolute atomic E-state index is 13.6. The zero-order valence-electron chi connectivity index (χ0n) is 23.9. The summed E-state index contributed by atoms with van der Waals surface area (Å²) in [5.74, 6) is 0.168. The van der Waals surface area contributed by atoms with Crippen molar-refractivity contribution >= 4 is 22.5 Å². The number of fused-ring (bicyclic) bond motifs is 3. The van der Waals surface area contributed by atoms with E-state index in [0.29, 0.717) is 5.92 Å². The number of hydrogen-bond acceptors (Lipinski definition) is 3. The molecular formula is C35H39N3O2. The predicted molar refractivity (Wildman–Crippen MR) is 163 cm³/mol. The molecule has 0 spiro atoms. The first-order chi connectivity index (χ1) is 19.4. The number of amides is 1. The molecule has 5 aromatic rings. The van der Waals surface area contributed by atoms with E-state index in [9.17, 15) is 9.90 Å². The molecule has 2 unspecified atom stereocenters. The highest BCUT2D eigenvalue weighted by molar-refractivity contribution is 5.91. The van der Waals surface area contributed by atoms with Gasteiger partial charge in [-0.1, -0.05) is 86.6 Å². The molecule has 206 valence electrons. The second-order valence-corrected chi connectivity index (χ2v) is 11.3. The highest BCUT2D eigenvalue weighted by Gasteiger charge is 2.24. The predicted octanol–water partition coefficient (Wildman–Crippen LogP) is 7.06. The number of rotatable bonds is 10. The van der Waals surface area contributed by atoms with Gasteiger partial charge in [0.15, 0.2) is 0 Å². The number of para-hydroxylation sites is 1. The summed E-state index contributed by atoms with van der Waals surface area (Å²) in [6, 6.07) is 28.3. The minimum Gasteiger partial charge on any atom is -0.394 e. The van der Waals surface area contributed by atoms with Crippen molar-refractivity contribution < 1.29 is 9.90 Å². The van der Waals surface area contributed by atoms with Gasteiger partial charge in [-0.15, -0.1) is 0 Å². The first kappa shape index (κ1) is 27.6. The van der Waals surface area contributed by atoms with E-state index in [1.54, 1.807) is 0 Å². The molecule has 0 fully saturated rings. The molecule has 5 heteroatoms. The summed E-state index contributed by atoms with van der Waals surface area (Å²) in [6.07, 6.45) is 2.46. The van der Waals surface area contributed by atoms with Crippen molar-refractivity contribution in [3.63, 3.8) is 0 Å². The Morgan fingerprint density at radius 2 is 1.60 bits per heavy atom. The van der Waals surface area contributed by atoms with Gasteiger partial charge < -0.3 is 10.4 Å². The lowest BCUT2D eigenvalue weighted by Crippen LogP contribution is -2.35. The van der Waals surface area contributed by atoms with Crippen LogP contribution >= 0.6 is 0 Å². The van der Waals surface area contributed by atoms with Crippen LogP contribution in [-0.4, -0.2) is 27.0 Å². The van der Waals surface area contributed by atoms with E-state index < -0.39 is 6.04 Å². The monoisotopic (exact) mass is 533 g/mol. The van der Waals surface area contributed by atoms with Crippen molar-refractivity contribution in [1.82, 2.24) is 14.7 Å². The summed E-state index contributed by atoms with van der Waals surface area (Å²) in [5, 5.41) is 14.3. The maximum Gasteiger partial charge on any atom is 0.228 e. The molecule has 0 bridgehead atoms. The van der Waals surface area contributed by atoms with Gasteiger partial charge in [0.05, 0.1) is 24.1 Å².